The first-order chi connectivity index (χ1) is 9.01. The lowest BCUT2D eigenvalue weighted by molar-refractivity contribution is -0.145. The number of Topliss-reactive ketones (excluding diaryl/α,β-unsaturated/α-hetero) is 1. The fraction of sp³-hybridized carbons (Fsp3) is 0.769. The molecule has 0 spiro atoms. The maximum absolute atomic E-state index is 11.5. The average Bonchev–Trinajstić information content (AvgIpc) is 3.09. The number of ether oxygens (including phenoxy) is 2. The third-order valence-corrected chi connectivity index (χ3v) is 4.36. The quantitative estimate of drug-likeness (QED) is 0.474. The summed E-state index contributed by atoms with van der Waals surface area (Å²) in [7, 11) is 1.38. The van der Waals surface area contributed by atoms with Crippen molar-refractivity contribution in [2.75, 3.05) is 25.2 Å². The first-order valence-electron chi connectivity index (χ1n) is 6.33. The van der Waals surface area contributed by atoms with Crippen LogP contribution in [0.15, 0.2) is 0 Å². The zero-order valence-electron chi connectivity index (χ0n) is 11.4. The molecule has 0 aromatic heterocycles. The minimum absolute atomic E-state index is 0.0158. The highest BCUT2D eigenvalue weighted by Crippen LogP contribution is 2.51. The second-order valence-electron chi connectivity index (χ2n) is 4.77. The Bertz CT molecular complexity index is 349. The molecule has 0 N–H and O–H groups in total. The van der Waals surface area contributed by atoms with Crippen molar-refractivity contribution in [3.8, 4) is 0 Å². The van der Waals surface area contributed by atoms with Crippen molar-refractivity contribution in [1.29, 1.82) is 0 Å². The van der Waals surface area contributed by atoms with E-state index in [1.54, 1.807) is 6.92 Å². The van der Waals surface area contributed by atoms with E-state index in [2.05, 4.69) is 4.74 Å². The molecular weight excluding hydrogens is 268 g/mol. The van der Waals surface area contributed by atoms with E-state index in [0.29, 0.717) is 18.8 Å². The van der Waals surface area contributed by atoms with Crippen molar-refractivity contribution in [1.82, 2.24) is 0 Å². The second kappa shape index (κ2) is 7.53. The highest BCUT2D eigenvalue weighted by atomic mass is 32.2. The molecule has 0 amide bonds. The van der Waals surface area contributed by atoms with Gasteiger partial charge in [0.15, 0.2) is 5.78 Å². The van der Waals surface area contributed by atoms with Gasteiger partial charge >= 0.3 is 11.9 Å². The summed E-state index contributed by atoms with van der Waals surface area (Å²) >= 11 is 1.48. The Morgan fingerprint density at radius 1 is 1.21 bits per heavy atom. The number of hydrogen-bond donors (Lipinski definition) is 0. The van der Waals surface area contributed by atoms with Crippen molar-refractivity contribution in [3.63, 3.8) is 0 Å². The van der Waals surface area contributed by atoms with Gasteiger partial charge in [0.25, 0.3) is 0 Å². The Hall–Kier alpha value is -1.04. The summed E-state index contributed by atoms with van der Waals surface area (Å²) in [6, 6.07) is 0. The van der Waals surface area contributed by atoms with Gasteiger partial charge in [-0.05, 0) is 30.9 Å². The fourth-order valence-corrected chi connectivity index (χ4v) is 2.99. The van der Waals surface area contributed by atoms with Gasteiger partial charge < -0.3 is 9.47 Å². The second-order valence-corrected chi connectivity index (χ2v) is 5.75. The molecule has 0 heterocycles. The van der Waals surface area contributed by atoms with E-state index in [4.69, 9.17) is 4.74 Å². The lowest BCUT2D eigenvalue weighted by Gasteiger charge is -2.12. The molecule has 1 aliphatic carbocycles. The third kappa shape index (κ3) is 6.09. The Balaban J connectivity index is 2.18. The zero-order chi connectivity index (χ0) is 14.3. The maximum Gasteiger partial charge on any atom is 0.313 e. The van der Waals surface area contributed by atoms with Crippen LogP contribution in [0.2, 0.25) is 0 Å². The highest BCUT2D eigenvalue weighted by molar-refractivity contribution is 8.00. The van der Waals surface area contributed by atoms with Crippen molar-refractivity contribution >= 4 is 29.5 Å². The first-order valence-corrected chi connectivity index (χ1v) is 7.49. The monoisotopic (exact) mass is 288 g/mol. The fourth-order valence-electron chi connectivity index (χ4n) is 1.73. The largest absolute Gasteiger partial charge is 0.469 e. The molecule has 0 unspecified atom stereocenters. The van der Waals surface area contributed by atoms with E-state index in [-0.39, 0.29) is 23.6 Å². The van der Waals surface area contributed by atoms with Crippen LogP contribution in [0.1, 0.15) is 32.6 Å². The van der Waals surface area contributed by atoms with Crippen molar-refractivity contribution in [3.05, 3.63) is 0 Å². The molecule has 0 bridgehead atoms. The van der Waals surface area contributed by atoms with Crippen LogP contribution in [-0.4, -0.2) is 42.9 Å². The number of esters is 2. The third-order valence-electron chi connectivity index (χ3n) is 3.02. The Labute approximate surface area is 117 Å². The molecule has 1 aliphatic rings. The van der Waals surface area contributed by atoms with E-state index in [1.165, 1.54) is 18.9 Å². The van der Waals surface area contributed by atoms with Gasteiger partial charge in [-0.2, -0.15) is 11.8 Å². The van der Waals surface area contributed by atoms with E-state index in [0.717, 1.165) is 18.6 Å². The lowest BCUT2D eigenvalue weighted by atomic mass is 10.1. The predicted octanol–water partition coefficient (Wildman–Crippen LogP) is 1.59. The standard InChI is InChI=1S/C13H20O5S/c1-3-18-11(15)6-10(14)8-19-9-13(4-5-13)7-12(16)17-2/h3-9H2,1-2H3. The van der Waals surface area contributed by atoms with E-state index < -0.39 is 5.97 Å². The van der Waals surface area contributed by atoms with Gasteiger partial charge in [-0.25, -0.2) is 0 Å². The van der Waals surface area contributed by atoms with Crippen LogP contribution in [0.3, 0.4) is 0 Å². The average molecular weight is 288 g/mol. The van der Waals surface area contributed by atoms with E-state index >= 15 is 0 Å². The molecule has 1 saturated carbocycles. The molecule has 6 heteroatoms. The van der Waals surface area contributed by atoms with Gasteiger partial charge in [0.05, 0.1) is 25.9 Å². The molecule has 19 heavy (non-hydrogen) atoms. The summed E-state index contributed by atoms with van der Waals surface area (Å²) in [5, 5.41) is 0. The number of rotatable bonds is 9. The molecule has 1 fully saturated rings. The van der Waals surface area contributed by atoms with Crippen LogP contribution in [-0.2, 0) is 23.9 Å². The van der Waals surface area contributed by atoms with Crippen LogP contribution < -0.4 is 0 Å². The number of hydrogen-bond acceptors (Lipinski definition) is 6. The molecule has 1 rings (SSSR count). The van der Waals surface area contributed by atoms with Crippen LogP contribution in [0.5, 0.6) is 0 Å². The predicted molar refractivity (Wildman–Crippen MR) is 71.9 cm³/mol. The van der Waals surface area contributed by atoms with Gasteiger partial charge in [0.2, 0.25) is 0 Å². The minimum atomic E-state index is -0.469. The highest BCUT2D eigenvalue weighted by Gasteiger charge is 2.44. The maximum atomic E-state index is 11.5. The molecule has 0 atom stereocenters. The van der Waals surface area contributed by atoms with Gasteiger partial charge in [0.1, 0.15) is 6.42 Å². The summed E-state index contributed by atoms with van der Waals surface area (Å²) in [6.45, 7) is 2.00. The number of carbonyl (C=O) groups excluding carboxylic acids is 3. The normalized spacial score (nSPS) is 15.7. The zero-order valence-corrected chi connectivity index (χ0v) is 12.2. The topological polar surface area (TPSA) is 69.7 Å². The summed E-state index contributed by atoms with van der Waals surface area (Å²) in [6.07, 6.45) is 2.26. The lowest BCUT2D eigenvalue weighted by Crippen LogP contribution is -2.16. The molecule has 0 saturated heterocycles. The van der Waals surface area contributed by atoms with Gasteiger partial charge in [-0.15, -0.1) is 0 Å². The van der Waals surface area contributed by atoms with Crippen LogP contribution in [0, 0.1) is 5.41 Å². The first kappa shape index (κ1) is 16.0. The summed E-state index contributed by atoms with van der Waals surface area (Å²) < 4.78 is 9.37. The molecule has 108 valence electrons. The molecule has 5 nitrogen and oxygen atoms in total. The van der Waals surface area contributed by atoms with Crippen molar-refractivity contribution in [2.45, 2.75) is 32.6 Å². The molecular formula is C13H20O5S. The van der Waals surface area contributed by atoms with Crippen LogP contribution in [0.4, 0.5) is 0 Å². The van der Waals surface area contributed by atoms with Crippen LogP contribution >= 0.6 is 11.8 Å². The minimum Gasteiger partial charge on any atom is -0.469 e. The summed E-state index contributed by atoms with van der Waals surface area (Å²) in [5.41, 5.74) is 0.0158. The van der Waals surface area contributed by atoms with E-state index in [9.17, 15) is 14.4 Å². The SMILES string of the molecule is CCOC(=O)CC(=O)CSCC1(CC(=O)OC)CC1. The number of carbonyl (C=O) groups is 3. The molecule has 0 aromatic carbocycles. The number of thioether (sulfide) groups is 1. The van der Waals surface area contributed by atoms with E-state index in [1.807, 2.05) is 0 Å². The Morgan fingerprint density at radius 3 is 2.42 bits per heavy atom. The van der Waals surface area contributed by atoms with Gasteiger partial charge in [-0.3, -0.25) is 14.4 Å². The summed E-state index contributed by atoms with van der Waals surface area (Å²) in [4.78, 5) is 33.8. The van der Waals surface area contributed by atoms with Gasteiger partial charge in [0, 0.05) is 0 Å². The van der Waals surface area contributed by atoms with Gasteiger partial charge in [-0.1, -0.05) is 0 Å². The molecule has 0 radical (unpaired) electrons. The van der Waals surface area contributed by atoms with Crippen molar-refractivity contribution < 1.29 is 23.9 Å². The Morgan fingerprint density at radius 2 is 1.89 bits per heavy atom. The van der Waals surface area contributed by atoms with Crippen LogP contribution in [0.25, 0.3) is 0 Å². The number of methoxy groups -OCH3 is 1. The smallest absolute Gasteiger partial charge is 0.313 e. The van der Waals surface area contributed by atoms with Crippen molar-refractivity contribution in [2.24, 2.45) is 5.41 Å². The summed E-state index contributed by atoms with van der Waals surface area (Å²) in [5.74, 6) is 0.260. The molecule has 0 aromatic rings. The Kier molecular flexibility index (Phi) is 6.34. The number of ketones is 1. The molecule has 0 aliphatic heterocycles.